The van der Waals surface area contributed by atoms with Crippen LogP contribution in [0.4, 0.5) is 0 Å². The Kier molecular flexibility index (Phi) is 4.19. The molecule has 1 N–H and O–H groups in total. The number of H-pyrrole nitrogens is 1. The predicted molar refractivity (Wildman–Crippen MR) is 99.8 cm³/mol. The molecule has 0 aliphatic carbocycles. The number of para-hydroxylation sites is 1. The standard InChI is InChI=1S/C19H14N2OS2/c22-17(15-12-21-16-9-5-4-8-14(15)16)18(13-6-2-1-3-7-13)24-19-20-10-11-23-19/h1-12,18,21H/t18-/m0/s1. The van der Waals surface area contributed by atoms with Crippen LogP contribution in [-0.4, -0.2) is 15.8 Å². The van der Waals surface area contributed by atoms with Crippen LogP contribution >= 0.6 is 23.1 Å². The zero-order chi connectivity index (χ0) is 16.4. The number of aromatic nitrogens is 2. The lowest BCUT2D eigenvalue weighted by atomic mass is 10.0. The summed E-state index contributed by atoms with van der Waals surface area (Å²) in [5, 5.41) is 2.58. The van der Waals surface area contributed by atoms with Gasteiger partial charge in [-0.05, 0) is 11.6 Å². The van der Waals surface area contributed by atoms with E-state index in [9.17, 15) is 4.79 Å². The quantitative estimate of drug-likeness (QED) is 0.390. The van der Waals surface area contributed by atoms with Crippen LogP contribution in [-0.2, 0) is 0 Å². The molecule has 5 heteroatoms. The molecule has 1 atom stereocenters. The second-order valence-electron chi connectivity index (χ2n) is 5.32. The molecule has 0 bridgehead atoms. The van der Waals surface area contributed by atoms with E-state index in [1.54, 1.807) is 17.5 Å². The van der Waals surface area contributed by atoms with Crippen LogP contribution in [0.2, 0.25) is 0 Å². The molecule has 0 fully saturated rings. The second kappa shape index (κ2) is 6.63. The van der Waals surface area contributed by atoms with Crippen molar-refractivity contribution in [2.45, 2.75) is 9.59 Å². The van der Waals surface area contributed by atoms with E-state index in [0.29, 0.717) is 0 Å². The van der Waals surface area contributed by atoms with Crippen molar-refractivity contribution in [2.24, 2.45) is 0 Å². The summed E-state index contributed by atoms with van der Waals surface area (Å²) in [6.45, 7) is 0. The Bertz CT molecular complexity index is 961. The van der Waals surface area contributed by atoms with Gasteiger partial charge in [0.05, 0.1) is 0 Å². The zero-order valence-electron chi connectivity index (χ0n) is 12.7. The van der Waals surface area contributed by atoms with Crippen LogP contribution in [0.25, 0.3) is 10.9 Å². The van der Waals surface area contributed by atoms with Gasteiger partial charge in [-0.25, -0.2) is 4.98 Å². The third-order valence-corrected chi connectivity index (χ3v) is 5.99. The van der Waals surface area contributed by atoms with Gasteiger partial charge in [0.25, 0.3) is 0 Å². The SMILES string of the molecule is O=C(c1c[nH]c2ccccc12)[C@@H](Sc1nccs1)c1ccccc1. The first-order chi connectivity index (χ1) is 11.8. The summed E-state index contributed by atoms with van der Waals surface area (Å²) in [5.41, 5.74) is 2.70. The van der Waals surface area contributed by atoms with E-state index in [1.807, 2.05) is 66.2 Å². The summed E-state index contributed by atoms with van der Waals surface area (Å²) in [6, 6.07) is 17.8. The van der Waals surface area contributed by atoms with Gasteiger partial charge in [-0.15, -0.1) is 11.3 Å². The topological polar surface area (TPSA) is 45.8 Å². The van der Waals surface area contributed by atoms with Crippen molar-refractivity contribution < 1.29 is 4.79 Å². The van der Waals surface area contributed by atoms with Gasteiger partial charge in [-0.1, -0.05) is 60.3 Å². The van der Waals surface area contributed by atoms with Crippen molar-refractivity contribution >= 4 is 39.8 Å². The molecule has 0 saturated carbocycles. The number of rotatable bonds is 5. The van der Waals surface area contributed by atoms with Crippen molar-refractivity contribution in [3.63, 3.8) is 0 Å². The van der Waals surface area contributed by atoms with Gasteiger partial charge in [0, 0.05) is 34.2 Å². The number of thioether (sulfide) groups is 1. The highest BCUT2D eigenvalue weighted by Crippen LogP contribution is 2.39. The van der Waals surface area contributed by atoms with Crippen molar-refractivity contribution in [1.29, 1.82) is 0 Å². The molecule has 2 aromatic carbocycles. The minimum absolute atomic E-state index is 0.0962. The molecule has 0 aliphatic heterocycles. The summed E-state index contributed by atoms with van der Waals surface area (Å²) in [6.07, 6.45) is 3.58. The molecule has 2 aromatic heterocycles. The van der Waals surface area contributed by atoms with E-state index in [1.165, 1.54) is 11.8 Å². The number of carbonyl (C=O) groups excluding carboxylic acids is 1. The third-order valence-electron chi connectivity index (χ3n) is 3.82. The van der Waals surface area contributed by atoms with Crippen molar-refractivity contribution in [2.75, 3.05) is 0 Å². The van der Waals surface area contributed by atoms with Crippen LogP contribution in [0.5, 0.6) is 0 Å². The molecular weight excluding hydrogens is 336 g/mol. The smallest absolute Gasteiger partial charge is 0.182 e. The van der Waals surface area contributed by atoms with Crippen LogP contribution in [0.3, 0.4) is 0 Å². The van der Waals surface area contributed by atoms with E-state index in [0.717, 1.165) is 26.4 Å². The molecule has 4 aromatic rings. The maximum absolute atomic E-state index is 13.3. The third kappa shape index (κ3) is 2.88. The Morgan fingerprint density at radius 3 is 2.67 bits per heavy atom. The fourth-order valence-electron chi connectivity index (χ4n) is 2.69. The highest BCUT2D eigenvalue weighted by molar-refractivity contribution is 8.01. The molecule has 118 valence electrons. The zero-order valence-corrected chi connectivity index (χ0v) is 14.3. The molecule has 0 amide bonds. The molecular formula is C19H14N2OS2. The van der Waals surface area contributed by atoms with Gasteiger partial charge in [0.15, 0.2) is 10.1 Å². The first-order valence-electron chi connectivity index (χ1n) is 7.54. The van der Waals surface area contributed by atoms with Crippen LogP contribution in [0.15, 0.2) is 76.7 Å². The monoisotopic (exact) mass is 350 g/mol. The maximum Gasteiger partial charge on any atom is 0.182 e. The Balaban J connectivity index is 1.76. The number of carbonyl (C=O) groups is 1. The summed E-state index contributed by atoms with van der Waals surface area (Å²) in [7, 11) is 0. The largest absolute Gasteiger partial charge is 0.360 e. The van der Waals surface area contributed by atoms with E-state index in [-0.39, 0.29) is 11.0 Å². The van der Waals surface area contributed by atoms with Gasteiger partial charge in [-0.3, -0.25) is 4.79 Å². The Labute approximate surface area is 147 Å². The van der Waals surface area contributed by atoms with Gasteiger partial charge in [0.2, 0.25) is 0 Å². The number of nitrogens with zero attached hydrogens (tertiary/aromatic N) is 1. The van der Waals surface area contributed by atoms with E-state index >= 15 is 0 Å². The lowest BCUT2D eigenvalue weighted by Crippen LogP contribution is -2.09. The fraction of sp³-hybridized carbons (Fsp3) is 0.0526. The average Bonchev–Trinajstić information content (AvgIpc) is 3.29. The van der Waals surface area contributed by atoms with Crippen LogP contribution in [0.1, 0.15) is 21.2 Å². The summed E-state index contributed by atoms with van der Waals surface area (Å²) in [5.74, 6) is 0.0962. The first kappa shape index (κ1) is 15.2. The highest BCUT2D eigenvalue weighted by atomic mass is 32.2. The predicted octanol–water partition coefficient (Wildman–Crippen LogP) is 5.34. The second-order valence-corrected chi connectivity index (χ2v) is 7.57. The number of Topliss-reactive ketones (excluding diaryl/α,β-unsaturated/α-hetero) is 1. The molecule has 24 heavy (non-hydrogen) atoms. The average molecular weight is 350 g/mol. The molecule has 2 heterocycles. The number of hydrogen-bond donors (Lipinski definition) is 1. The Hall–Kier alpha value is -2.37. The number of fused-ring (bicyclic) bond motifs is 1. The van der Waals surface area contributed by atoms with Crippen molar-refractivity contribution in [1.82, 2.24) is 9.97 Å². The molecule has 0 aliphatic rings. The van der Waals surface area contributed by atoms with Gasteiger partial charge >= 0.3 is 0 Å². The van der Waals surface area contributed by atoms with E-state index in [4.69, 9.17) is 0 Å². The highest BCUT2D eigenvalue weighted by Gasteiger charge is 2.26. The molecule has 0 saturated heterocycles. The fourth-order valence-corrected chi connectivity index (χ4v) is 4.57. The number of aromatic amines is 1. The van der Waals surface area contributed by atoms with Crippen LogP contribution < -0.4 is 0 Å². The molecule has 4 rings (SSSR count). The van der Waals surface area contributed by atoms with Crippen LogP contribution in [0, 0.1) is 0 Å². The number of ketones is 1. The molecule has 0 unspecified atom stereocenters. The minimum Gasteiger partial charge on any atom is -0.360 e. The van der Waals surface area contributed by atoms with Gasteiger partial charge in [0.1, 0.15) is 5.25 Å². The first-order valence-corrected chi connectivity index (χ1v) is 9.30. The van der Waals surface area contributed by atoms with Crippen molar-refractivity contribution in [3.05, 3.63) is 83.5 Å². The molecule has 0 radical (unpaired) electrons. The normalized spacial score (nSPS) is 12.3. The number of benzene rings is 2. The Morgan fingerprint density at radius 1 is 1.08 bits per heavy atom. The van der Waals surface area contributed by atoms with Crippen molar-refractivity contribution in [3.8, 4) is 0 Å². The van der Waals surface area contributed by atoms with E-state index in [2.05, 4.69) is 9.97 Å². The van der Waals surface area contributed by atoms with Gasteiger partial charge < -0.3 is 4.98 Å². The minimum atomic E-state index is -0.309. The number of thiazole rings is 1. The van der Waals surface area contributed by atoms with E-state index < -0.39 is 0 Å². The lowest BCUT2D eigenvalue weighted by molar-refractivity contribution is 0.0991. The molecule has 3 nitrogen and oxygen atoms in total. The van der Waals surface area contributed by atoms with Gasteiger partial charge in [-0.2, -0.15) is 0 Å². The number of nitrogens with one attached hydrogen (secondary N) is 1. The molecule has 0 spiro atoms. The Morgan fingerprint density at radius 2 is 1.88 bits per heavy atom. The lowest BCUT2D eigenvalue weighted by Gasteiger charge is -2.14. The maximum atomic E-state index is 13.3. The summed E-state index contributed by atoms with van der Waals surface area (Å²) >= 11 is 3.06. The number of hydrogen-bond acceptors (Lipinski definition) is 4. The summed E-state index contributed by atoms with van der Waals surface area (Å²) < 4.78 is 0.900. The summed E-state index contributed by atoms with van der Waals surface area (Å²) in [4.78, 5) is 20.8.